The molecule has 1 aromatic heterocycles. The van der Waals surface area contributed by atoms with Gasteiger partial charge in [-0.05, 0) is 26.7 Å². The second-order valence-corrected chi connectivity index (χ2v) is 6.73. The zero-order valence-corrected chi connectivity index (χ0v) is 11.7. The van der Waals surface area contributed by atoms with E-state index in [1.165, 1.54) is 21.2 Å². The first-order chi connectivity index (χ1) is 8.49. The molecule has 3 rings (SSSR count). The van der Waals surface area contributed by atoms with E-state index in [0.717, 1.165) is 0 Å². The Bertz CT molecular complexity index is 699. The van der Waals surface area contributed by atoms with Crippen LogP contribution in [0.4, 0.5) is 0 Å². The lowest BCUT2D eigenvalue weighted by Crippen LogP contribution is -2.40. The maximum Gasteiger partial charge on any atom is 0.488 e. The van der Waals surface area contributed by atoms with Crippen LogP contribution < -0.4 is 15.5 Å². The van der Waals surface area contributed by atoms with Crippen LogP contribution in [0.3, 0.4) is 0 Å². The summed E-state index contributed by atoms with van der Waals surface area (Å²) in [5, 5.41) is 19.8. The van der Waals surface area contributed by atoms with Crippen molar-refractivity contribution in [3.63, 3.8) is 0 Å². The van der Waals surface area contributed by atoms with Crippen LogP contribution in [0.2, 0.25) is 0 Å². The summed E-state index contributed by atoms with van der Waals surface area (Å²) < 4.78 is 0. The molecule has 0 bridgehead atoms. The van der Waals surface area contributed by atoms with Gasteiger partial charge in [-0.25, -0.2) is 0 Å². The Morgan fingerprint density at radius 1 is 1.28 bits per heavy atom. The fraction of sp³-hybridized carbons (Fsp3) is 0.214. The predicted molar refractivity (Wildman–Crippen MR) is 77.1 cm³/mol. The largest absolute Gasteiger partial charge is 0.488 e. The molecule has 1 heterocycles. The number of hydrogen-bond donors (Lipinski definition) is 2. The molecule has 0 saturated heterocycles. The standard InChI is InChI=1S/C14H15BO2Si/c1-14(2)5-3-4-9-6-12-11(13(9)14)7-10(8-18-12)15(16)17/h3-8,16-18H,1-2H3. The summed E-state index contributed by atoms with van der Waals surface area (Å²) in [6, 6.07) is 1.93. The molecule has 0 saturated carbocycles. The molecule has 0 spiro atoms. The topological polar surface area (TPSA) is 40.5 Å². The van der Waals surface area contributed by atoms with Crippen LogP contribution in [-0.2, 0) is 0 Å². The Morgan fingerprint density at radius 3 is 2.78 bits per heavy atom. The van der Waals surface area contributed by atoms with Gasteiger partial charge in [0.25, 0.3) is 0 Å². The van der Waals surface area contributed by atoms with E-state index >= 15 is 0 Å². The van der Waals surface area contributed by atoms with E-state index in [9.17, 15) is 10.0 Å². The van der Waals surface area contributed by atoms with E-state index in [0.29, 0.717) is 5.46 Å². The first kappa shape index (κ1) is 11.8. The number of allylic oxidation sites excluding steroid dienone is 4. The zero-order chi connectivity index (χ0) is 12.9. The van der Waals surface area contributed by atoms with Crippen LogP contribution in [0.1, 0.15) is 13.8 Å². The smallest absolute Gasteiger partial charge is 0.423 e. The van der Waals surface area contributed by atoms with Crippen molar-refractivity contribution in [2.24, 2.45) is 5.41 Å². The number of hydrogen-bond acceptors (Lipinski definition) is 2. The minimum Gasteiger partial charge on any atom is -0.423 e. The molecule has 0 aromatic carbocycles. The highest BCUT2D eigenvalue weighted by atomic mass is 28.2. The van der Waals surface area contributed by atoms with E-state index in [4.69, 9.17) is 0 Å². The SMILES string of the molecule is CC1(C)C=CC=C2C=c3[siH]cc(B(O)O)cc3=C21. The van der Waals surface area contributed by atoms with Gasteiger partial charge in [0.1, 0.15) is 0 Å². The third-order valence-corrected chi connectivity index (χ3v) is 5.07. The summed E-state index contributed by atoms with van der Waals surface area (Å²) in [5.41, 5.74) is 5.21. The Labute approximate surface area is 109 Å². The fourth-order valence-electron chi connectivity index (χ4n) is 2.80. The third kappa shape index (κ3) is 1.69. The lowest BCUT2D eigenvalue weighted by atomic mass is 9.76. The predicted octanol–water partition coefficient (Wildman–Crippen LogP) is -1.10. The third-order valence-electron chi connectivity index (χ3n) is 3.68. The van der Waals surface area contributed by atoms with Gasteiger partial charge in [-0.3, -0.25) is 0 Å². The number of rotatable bonds is 1. The maximum atomic E-state index is 9.32. The monoisotopic (exact) mass is 254 g/mol. The Kier molecular flexibility index (Phi) is 2.55. The van der Waals surface area contributed by atoms with Crippen LogP contribution >= 0.6 is 0 Å². The summed E-state index contributed by atoms with van der Waals surface area (Å²) >= 11 is 0. The summed E-state index contributed by atoms with van der Waals surface area (Å²) in [7, 11) is -1.37. The Balaban J connectivity index is 2.36. The minimum absolute atomic E-state index is 0.0104. The maximum absolute atomic E-state index is 9.32. The molecule has 2 N–H and O–H groups in total. The molecular weight excluding hydrogens is 239 g/mol. The molecule has 2 aliphatic rings. The molecule has 0 fully saturated rings. The van der Waals surface area contributed by atoms with Crippen LogP contribution in [0, 0.1) is 5.41 Å². The fourth-order valence-corrected chi connectivity index (χ4v) is 4.12. The van der Waals surface area contributed by atoms with Gasteiger partial charge in [-0.2, -0.15) is 0 Å². The van der Waals surface area contributed by atoms with Gasteiger partial charge in [0.05, 0.1) is 0 Å². The molecule has 4 heteroatoms. The highest BCUT2D eigenvalue weighted by Crippen LogP contribution is 2.38. The molecule has 0 aliphatic heterocycles. The molecule has 2 aliphatic carbocycles. The van der Waals surface area contributed by atoms with Crippen molar-refractivity contribution in [2.75, 3.05) is 0 Å². The van der Waals surface area contributed by atoms with Crippen molar-refractivity contribution in [2.45, 2.75) is 13.8 Å². The van der Waals surface area contributed by atoms with Gasteiger partial charge in [-0.1, -0.05) is 49.9 Å². The van der Waals surface area contributed by atoms with Crippen molar-refractivity contribution in [1.82, 2.24) is 0 Å². The lowest BCUT2D eigenvalue weighted by Gasteiger charge is -2.26. The summed E-state index contributed by atoms with van der Waals surface area (Å²) in [5.74, 6) is 0. The first-order valence-electron chi connectivity index (χ1n) is 6.11. The summed E-state index contributed by atoms with van der Waals surface area (Å²) in [6.07, 6.45) is 8.70. The van der Waals surface area contributed by atoms with Gasteiger partial charge < -0.3 is 10.0 Å². The second-order valence-electron chi connectivity index (χ2n) is 5.44. The van der Waals surface area contributed by atoms with E-state index in [2.05, 4.69) is 38.2 Å². The molecule has 0 radical (unpaired) electrons. The van der Waals surface area contributed by atoms with Crippen LogP contribution in [0.5, 0.6) is 0 Å². The summed E-state index contributed by atoms with van der Waals surface area (Å²) in [6.45, 7) is 4.40. The van der Waals surface area contributed by atoms with Crippen LogP contribution in [-0.4, -0.2) is 26.3 Å². The molecule has 18 heavy (non-hydrogen) atoms. The van der Waals surface area contributed by atoms with E-state index < -0.39 is 7.12 Å². The average Bonchev–Trinajstić information content (AvgIpc) is 2.66. The molecule has 0 unspecified atom stereocenters. The van der Waals surface area contributed by atoms with Gasteiger partial charge in [0, 0.05) is 14.5 Å². The molecule has 2 nitrogen and oxygen atoms in total. The lowest BCUT2D eigenvalue weighted by molar-refractivity contribution is 0.426. The van der Waals surface area contributed by atoms with E-state index in [-0.39, 0.29) is 14.5 Å². The number of fused-ring (bicyclic) bond motifs is 2. The first-order valence-corrected chi connectivity index (χ1v) is 7.36. The van der Waals surface area contributed by atoms with Crippen molar-refractivity contribution in [1.29, 1.82) is 0 Å². The van der Waals surface area contributed by atoms with E-state index in [1.807, 2.05) is 11.7 Å². The Hall–Kier alpha value is -1.23. The van der Waals surface area contributed by atoms with Crippen molar-refractivity contribution in [3.8, 4) is 0 Å². The van der Waals surface area contributed by atoms with Crippen molar-refractivity contribution >= 4 is 33.3 Å². The molecule has 0 amide bonds. The summed E-state index contributed by atoms with van der Waals surface area (Å²) in [4.78, 5) is 1.36. The average molecular weight is 254 g/mol. The van der Waals surface area contributed by atoms with Gasteiger partial charge in [0.2, 0.25) is 0 Å². The highest BCUT2D eigenvalue weighted by molar-refractivity contribution is 6.60. The molecule has 0 atom stereocenters. The van der Waals surface area contributed by atoms with Crippen molar-refractivity contribution in [3.05, 3.63) is 45.6 Å². The minimum atomic E-state index is -1.36. The highest BCUT2D eigenvalue weighted by Gasteiger charge is 2.28. The molecule has 1 aromatic rings. The van der Waals surface area contributed by atoms with Crippen LogP contribution in [0.25, 0.3) is 11.6 Å². The second kappa shape index (κ2) is 3.88. The van der Waals surface area contributed by atoms with Crippen molar-refractivity contribution < 1.29 is 10.0 Å². The Morgan fingerprint density at radius 2 is 2.06 bits per heavy atom. The van der Waals surface area contributed by atoms with E-state index in [1.54, 1.807) is 0 Å². The zero-order valence-electron chi connectivity index (χ0n) is 10.5. The molecular formula is C14H15BO2Si. The van der Waals surface area contributed by atoms with Gasteiger partial charge in [-0.15, -0.1) is 0 Å². The normalized spacial score (nSPS) is 18.9. The quantitative estimate of drug-likeness (QED) is 0.625. The van der Waals surface area contributed by atoms with Crippen LogP contribution in [0.15, 0.2) is 35.5 Å². The molecule has 90 valence electrons. The van der Waals surface area contributed by atoms with Gasteiger partial charge >= 0.3 is 7.12 Å². The van der Waals surface area contributed by atoms with Gasteiger partial charge in [0.15, 0.2) is 0 Å².